The van der Waals surface area contributed by atoms with E-state index in [0.717, 1.165) is 22.9 Å². The number of likely N-dealkylation sites (tertiary alicyclic amines) is 1. The number of halogens is 1. The molecule has 106 valence electrons. The van der Waals surface area contributed by atoms with Crippen LogP contribution in [0.2, 0.25) is 0 Å². The summed E-state index contributed by atoms with van der Waals surface area (Å²) in [5.74, 6) is -1.22. The van der Waals surface area contributed by atoms with Crippen molar-refractivity contribution < 1.29 is 14.7 Å². The number of rotatable bonds is 3. The summed E-state index contributed by atoms with van der Waals surface area (Å²) in [5.41, 5.74) is 0.917. The first-order chi connectivity index (χ1) is 9.58. The maximum absolute atomic E-state index is 12.2. The van der Waals surface area contributed by atoms with Crippen molar-refractivity contribution >= 4 is 27.8 Å². The van der Waals surface area contributed by atoms with Gasteiger partial charge < -0.3 is 10.0 Å². The molecule has 2 atom stereocenters. The molecule has 1 aromatic rings. The Labute approximate surface area is 125 Å². The Hall–Kier alpha value is -1.36. The molecule has 1 aliphatic heterocycles. The monoisotopic (exact) mass is 337 g/mol. The third-order valence-electron chi connectivity index (χ3n) is 4.11. The van der Waals surface area contributed by atoms with E-state index in [1.54, 1.807) is 0 Å². The molecule has 1 N–H and O–H groups in total. The van der Waals surface area contributed by atoms with Crippen molar-refractivity contribution in [1.82, 2.24) is 4.90 Å². The first-order valence-corrected chi connectivity index (χ1v) is 7.66. The van der Waals surface area contributed by atoms with Gasteiger partial charge in [-0.25, -0.2) is 0 Å². The Morgan fingerprint density at radius 3 is 2.40 bits per heavy atom. The maximum atomic E-state index is 12.2. The summed E-state index contributed by atoms with van der Waals surface area (Å²) in [5, 5.41) is 9.48. The smallest absolute Gasteiger partial charge is 0.308 e. The molecule has 1 saturated heterocycles. The summed E-state index contributed by atoms with van der Waals surface area (Å²) in [6.07, 6.45) is 2.76. The molecule has 2 fully saturated rings. The lowest BCUT2D eigenvalue weighted by molar-refractivity contribution is -0.152. The lowest BCUT2D eigenvalue weighted by Crippen LogP contribution is -2.46. The second-order valence-corrected chi connectivity index (χ2v) is 6.43. The fourth-order valence-corrected chi connectivity index (χ4v) is 3.27. The molecule has 0 radical (unpaired) electrons. The van der Waals surface area contributed by atoms with Crippen LogP contribution in [0.3, 0.4) is 0 Å². The van der Waals surface area contributed by atoms with Crippen molar-refractivity contribution in [2.75, 3.05) is 0 Å². The first kappa shape index (κ1) is 13.6. The summed E-state index contributed by atoms with van der Waals surface area (Å²) < 4.78 is 0.952. The highest BCUT2D eigenvalue weighted by Crippen LogP contribution is 2.43. The molecular formula is C15H16BrNO3. The second kappa shape index (κ2) is 5.20. The van der Waals surface area contributed by atoms with Crippen LogP contribution in [0.4, 0.5) is 0 Å². The highest BCUT2D eigenvalue weighted by Gasteiger charge is 2.46. The molecule has 0 bridgehead atoms. The van der Waals surface area contributed by atoms with E-state index < -0.39 is 11.9 Å². The minimum Gasteiger partial charge on any atom is -0.481 e. The molecule has 5 heteroatoms. The van der Waals surface area contributed by atoms with Crippen LogP contribution in [0, 0.1) is 5.92 Å². The van der Waals surface area contributed by atoms with E-state index in [0.29, 0.717) is 12.8 Å². The van der Waals surface area contributed by atoms with E-state index in [-0.39, 0.29) is 18.0 Å². The molecule has 1 heterocycles. The number of carboxylic acids is 1. The van der Waals surface area contributed by atoms with E-state index in [1.165, 1.54) is 0 Å². The zero-order valence-corrected chi connectivity index (χ0v) is 12.5. The Balaban J connectivity index is 2.00. The standard InChI is InChI=1S/C15H16BrNO3/c16-10-3-1-9(2-4-10)14-12(15(19)20)7-8-13(18)17(14)11-5-6-11/h1-4,11-12,14H,5-8H2,(H,19,20). The molecule has 2 unspecified atom stereocenters. The van der Waals surface area contributed by atoms with Crippen molar-refractivity contribution in [3.63, 3.8) is 0 Å². The number of aliphatic carboxylic acids is 1. The highest BCUT2D eigenvalue weighted by molar-refractivity contribution is 9.10. The molecule has 0 aromatic heterocycles. The number of hydrogen-bond acceptors (Lipinski definition) is 2. The fourth-order valence-electron chi connectivity index (χ4n) is 3.01. The van der Waals surface area contributed by atoms with Gasteiger partial charge in [0.15, 0.2) is 0 Å². The summed E-state index contributed by atoms with van der Waals surface area (Å²) in [4.78, 5) is 25.6. The van der Waals surface area contributed by atoms with Crippen LogP contribution in [0.5, 0.6) is 0 Å². The first-order valence-electron chi connectivity index (χ1n) is 6.87. The van der Waals surface area contributed by atoms with E-state index in [4.69, 9.17) is 0 Å². The SMILES string of the molecule is O=C(O)C1CCC(=O)N(C2CC2)C1c1ccc(Br)cc1. The summed E-state index contributed by atoms with van der Waals surface area (Å²) in [6, 6.07) is 7.54. The Kier molecular flexibility index (Phi) is 3.54. The van der Waals surface area contributed by atoms with E-state index in [2.05, 4.69) is 15.9 Å². The van der Waals surface area contributed by atoms with Gasteiger partial charge in [0.05, 0.1) is 12.0 Å². The number of carbonyl (C=O) groups excluding carboxylic acids is 1. The zero-order valence-electron chi connectivity index (χ0n) is 11.0. The molecule has 2 aliphatic rings. The van der Waals surface area contributed by atoms with Crippen LogP contribution in [0.15, 0.2) is 28.7 Å². The zero-order chi connectivity index (χ0) is 14.3. The van der Waals surface area contributed by atoms with Crippen LogP contribution in [-0.2, 0) is 9.59 Å². The van der Waals surface area contributed by atoms with Crippen LogP contribution < -0.4 is 0 Å². The van der Waals surface area contributed by atoms with E-state index >= 15 is 0 Å². The highest BCUT2D eigenvalue weighted by atomic mass is 79.9. The molecule has 3 rings (SSSR count). The largest absolute Gasteiger partial charge is 0.481 e. The molecule has 1 saturated carbocycles. The summed E-state index contributed by atoms with van der Waals surface area (Å²) >= 11 is 3.38. The van der Waals surface area contributed by atoms with Crippen molar-refractivity contribution in [2.45, 2.75) is 37.8 Å². The Morgan fingerprint density at radius 2 is 1.85 bits per heavy atom. The average molecular weight is 338 g/mol. The topological polar surface area (TPSA) is 57.6 Å². The van der Waals surface area contributed by atoms with Crippen LogP contribution in [0.1, 0.15) is 37.3 Å². The van der Waals surface area contributed by atoms with Gasteiger partial charge in [-0.15, -0.1) is 0 Å². The lowest BCUT2D eigenvalue weighted by atomic mass is 9.84. The predicted octanol–water partition coefficient (Wildman–Crippen LogP) is 2.98. The van der Waals surface area contributed by atoms with Gasteiger partial charge >= 0.3 is 5.97 Å². The van der Waals surface area contributed by atoms with Gasteiger partial charge in [0, 0.05) is 16.9 Å². The normalized spacial score (nSPS) is 26.6. The lowest BCUT2D eigenvalue weighted by Gasteiger charge is -2.40. The minimum atomic E-state index is -0.809. The number of carboxylic acid groups (broad SMARTS) is 1. The number of hydrogen-bond donors (Lipinski definition) is 1. The van der Waals surface area contributed by atoms with Crippen molar-refractivity contribution in [2.24, 2.45) is 5.92 Å². The number of benzene rings is 1. The predicted molar refractivity (Wildman–Crippen MR) is 77.1 cm³/mol. The molecule has 1 amide bonds. The second-order valence-electron chi connectivity index (χ2n) is 5.51. The number of carbonyl (C=O) groups is 2. The van der Waals surface area contributed by atoms with Gasteiger partial charge in [-0.3, -0.25) is 9.59 Å². The molecule has 4 nitrogen and oxygen atoms in total. The molecule has 1 aromatic carbocycles. The summed E-state index contributed by atoms with van der Waals surface area (Å²) in [6.45, 7) is 0. The van der Waals surface area contributed by atoms with Crippen molar-refractivity contribution in [3.8, 4) is 0 Å². The number of amides is 1. The third kappa shape index (κ3) is 2.46. The molecular weight excluding hydrogens is 322 g/mol. The van der Waals surface area contributed by atoms with Gasteiger partial charge in [-0.1, -0.05) is 28.1 Å². The molecule has 0 spiro atoms. The quantitative estimate of drug-likeness (QED) is 0.922. The van der Waals surface area contributed by atoms with Gasteiger partial charge in [0.2, 0.25) is 5.91 Å². The van der Waals surface area contributed by atoms with Crippen LogP contribution in [0.25, 0.3) is 0 Å². The van der Waals surface area contributed by atoms with Gasteiger partial charge in [-0.05, 0) is 37.0 Å². The Bertz CT molecular complexity index is 539. The van der Waals surface area contributed by atoms with E-state index in [9.17, 15) is 14.7 Å². The third-order valence-corrected chi connectivity index (χ3v) is 4.64. The number of piperidine rings is 1. The minimum absolute atomic E-state index is 0.0953. The van der Waals surface area contributed by atoms with Crippen LogP contribution in [-0.4, -0.2) is 27.9 Å². The molecule has 20 heavy (non-hydrogen) atoms. The average Bonchev–Trinajstić information content (AvgIpc) is 3.23. The maximum Gasteiger partial charge on any atom is 0.308 e. The molecule has 1 aliphatic carbocycles. The van der Waals surface area contributed by atoms with Gasteiger partial charge in [0.25, 0.3) is 0 Å². The van der Waals surface area contributed by atoms with Crippen LogP contribution >= 0.6 is 15.9 Å². The van der Waals surface area contributed by atoms with Crippen molar-refractivity contribution in [3.05, 3.63) is 34.3 Å². The van der Waals surface area contributed by atoms with Gasteiger partial charge in [0.1, 0.15) is 0 Å². The fraction of sp³-hybridized carbons (Fsp3) is 0.467. The van der Waals surface area contributed by atoms with Crippen molar-refractivity contribution in [1.29, 1.82) is 0 Å². The van der Waals surface area contributed by atoms with E-state index in [1.807, 2.05) is 29.2 Å². The summed E-state index contributed by atoms with van der Waals surface area (Å²) in [7, 11) is 0. The van der Waals surface area contributed by atoms with Gasteiger partial charge in [-0.2, -0.15) is 0 Å². The Morgan fingerprint density at radius 1 is 1.20 bits per heavy atom. The number of nitrogens with zero attached hydrogens (tertiary/aromatic N) is 1.